The molecule has 1 aromatic heterocycles. The van der Waals surface area contributed by atoms with Gasteiger partial charge in [0.2, 0.25) is 0 Å². The average molecular weight is 315 g/mol. The monoisotopic (exact) mass is 315 g/mol. The second-order valence-corrected chi connectivity index (χ2v) is 5.97. The van der Waals surface area contributed by atoms with Gasteiger partial charge < -0.3 is 15.1 Å². The fourth-order valence-electron chi connectivity index (χ4n) is 2.75. The van der Waals surface area contributed by atoms with Crippen LogP contribution < -0.4 is 10.6 Å². The predicted molar refractivity (Wildman–Crippen MR) is 89.1 cm³/mol. The largest absolute Gasteiger partial charge is 0.469 e. The third-order valence-electron chi connectivity index (χ3n) is 4.37. The molecule has 1 fully saturated rings. The Balaban J connectivity index is 1.49. The number of nitrogens with one attached hydrogen (secondary N) is 2. The molecule has 23 heavy (non-hydrogen) atoms. The summed E-state index contributed by atoms with van der Waals surface area (Å²) < 4.78 is 18.4. The maximum absolute atomic E-state index is 13.1. The highest BCUT2D eigenvalue weighted by molar-refractivity contribution is 5.79. The molecule has 122 valence electrons. The zero-order chi connectivity index (χ0) is 16.1. The molecule has 1 aliphatic carbocycles. The molecule has 5 heteroatoms. The zero-order valence-corrected chi connectivity index (χ0v) is 13.3. The average Bonchev–Trinajstić information content (AvgIpc) is 3.18. The van der Waals surface area contributed by atoms with Crippen molar-refractivity contribution in [3.05, 3.63) is 59.8 Å². The second-order valence-electron chi connectivity index (χ2n) is 5.97. The van der Waals surface area contributed by atoms with Crippen LogP contribution in [-0.4, -0.2) is 26.1 Å². The molecule has 0 aliphatic heterocycles. The molecule has 1 aromatic carbocycles. The number of rotatable bonds is 6. The van der Waals surface area contributed by atoms with Crippen molar-refractivity contribution in [1.29, 1.82) is 0 Å². The first-order valence-electron chi connectivity index (χ1n) is 7.95. The number of halogens is 1. The lowest BCUT2D eigenvalue weighted by molar-refractivity contribution is 0.506. The maximum Gasteiger partial charge on any atom is 0.191 e. The molecule has 0 unspecified atom stereocenters. The third-order valence-corrected chi connectivity index (χ3v) is 4.37. The van der Waals surface area contributed by atoms with E-state index in [-0.39, 0.29) is 11.2 Å². The summed E-state index contributed by atoms with van der Waals surface area (Å²) in [4.78, 5) is 4.25. The van der Waals surface area contributed by atoms with Crippen LogP contribution >= 0.6 is 0 Å². The Bertz CT molecular complexity index is 645. The van der Waals surface area contributed by atoms with Crippen LogP contribution in [0.1, 0.15) is 24.2 Å². The van der Waals surface area contributed by atoms with Crippen LogP contribution in [0.2, 0.25) is 0 Å². The first-order valence-corrected chi connectivity index (χ1v) is 7.95. The van der Waals surface area contributed by atoms with E-state index in [4.69, 9.17) is 4.42 Å². The number of benzene rings is 1. The van der Waals surface area contributed by atoms with Crippen LogP contribution in [-0.2, 0) is 11.8 Å². The molecule has 0 atom stereocenters. The minimum Gasteiger partial charge on any atom is -0.469 e. The van der Waals surface area contributed by atoms with Crippen LogP contribution in [0.4, 0.5) is 4.39 Å². The highest BCUT2D eigenvalue weighted by Gasteiger charge is 2.44. The van der Waals surface area contributed by atoms with E-state index in [1.165, 1.54) is 17.7 Å². The highest BCUT2D eigenvalue weighted by Crippen LogP contribution is 2.47. The Labute approximate surface area is 135 Å². The number of aliphatic imine (C=N–C) groups is 1. The van der Waals surface area contributed by atoms with E-state index < -0.39 is 0 Å². The summed E-state index contributed by atoms with van der Waals surface area (Å²) in [6, 6.07) is 10.7. The number of hydrogen-bond donors (Lipinski definition) is 2. The number of nitrogens with zero attached hydrogens (tertiary/aromatic N) is 1. The number of furan rings is 1. The molecule has 4 nitrogen and oxygen atoms in total. The Kier molecular flexibility index (Phi) is 4.65. The van der Waals surface area contributed by atoms with Gasteiger partial charge in [-0.3, -0.25) is 4.99 Å². The Morgan fingerprint density at radius 3 is 2.61 bits per heavy atom. The van der Waals surface area contributed by atoms with Gasteiger partial charge in [-0.15, -0.1) is 0 Å². The van der Waals surface area contributed by atoms with Gasteiger partial charge in [0.1, 0.15) is 11.6 Å². The highest BCUT2D eigenvalue weighted by atomic mass is 19.1. The van der Waals surface area contributed by atoms with Crippen LogP contribution in [0.3, 0.4) is 0 Å². The van der Waals surface area contributed by atoms with Crippen molar-refractivity contribution in [2.24, 2.45) is 4.99 Å². The molecule has 3 rings (SSSR count). The summed E-state index contributed by atoms with van der Waals surface area (Å²) in [7, 11) is 1.76. The SMILES string of the molecule is CN=C(NCCc1ccco1)NCC1(c2ccc(F)cc2)CC1. The topological polar surface area (TPSA) is 49.6 Å². The van der Waals surface area contributed by atoms with E-state index in [1.54, 1.807) is 13.3 Å². The summed E-state index contributed by atoms with van der Waals surface area (Å²) in [6.45, 7) is 1.57. The lowest BCUT2D eigenvalue weighted by Gasteiger charge is -2.19. The van der Waals surface area contributed by atoms with Crippen molar-refractivity contribution >= 4 is 5.96 Å². The zero-order valence-electron chi connectivity index (χ0n) is 13.3. The standard InChI is InChI=1S/C18H22FN3O/c1-20-17(21-11-8-16-3-2-12-23-16)22-13-18(9-10-18)14-4-6-15(19)7-5-14/h2-7,12H,8-11,13H2,1H3,(H2,20,21,22). The van der Waals surface area contributed by atoms with E-state index in [1.807, 2.05) is 24.3 Å². The van der Waals surface area contributed by atoms with E-state index in [0.717, 1.165) is 44.1 Å². The lowest BCUT2D eigenvalue weighted by atomic mass is 9.96. The van der Waals surface area contributed by atoms with Gasteiger partial charge >= 0.3 is 0 Å². The van der Waals surface area contributed by atoms with Gasteiger partial charge in [-0.05, 0) is 42.7 Å². The fraction of sp³-hybridized carbons (Fsp3) is 0.389. The van der Waals surface area contributed by atoms with Gasteiger partial charge in [-0.1, -0.05) is 12.1 Å². The number of guanidine groups is 1. The van der Waals surface area contributed by atoms with Crippen LogP contribution in [0, 0.1) is 5.82 Å². The molecule has 1 heterocycles. The quantitative estimate of drug-likeness (QED) is 0.636. The fourth-order valence-corrected chi connectivity index (χ4v) is 2.75. The molecular formula is C18H22FN3O. The Morgan fingerprint density at radius 2 is 2.00 bits per heavy atom. The molecule has 0 spiro atoms. The first kappa shape index (κ1) is 15.6. The third kappa shape index (κ3) is 3.92. The van der Waals surface area contributed by atoms with E-state index in [2.05, 4.69) is 15.6 Å². The van der Waals surface area contributed by atoms with Crippen LogP contribution in [0.5, 0.6) is 0 Å². The van der Waals surface area contributed by atoms with E-state index in [9.17, 15) is 4.39 Å². The van der Waals surface area contributed by atoms with E-state index >= 15 is 0 Å². The summed E-state index contributed by atoms with van der Waals surface area (Å²) in [5.41, 5.74) is 1.31. The van der Waals surface area contributed by atoms with Gasteiger partial charge in [-0.25, -0.2) is 4.39 Å². The van der Waals surface area contributed by atoms with Gasteiger partial charge in [0.05, 0.1) is 6.26 Å². The number of hydrogen-bond acceptors (Lipinski definition) is 2. The predicted octanol–water partition coefficient (Wildman–Crippen LogP) is 2.86. The molecule has 2 N–H and O–H groups in total. The summed E-state index contributed by atoms with van der Waals surface area (Å²) in [5, 5.41) is 6.67. The Morgan fingerprint density at radius 1 is 1.22 bits per heavy atom. The molecule has 0 amide bonds. The molecule has 1 aliphatic rings. The molecular weight excluding hydrogens is 293 g/mol. The minimum atomic E-state index is -0.187. The van der Waals surface area contributed by atoms with Crippen molar-refractivity contribution in [3.63, 3.8) is 0 Å². The lowest BCUT2D eigenvalue weighted by Crippen LogP contribution is -2.41. The van der Waals surface area contributed by atoms with Gasteiger partial charge in [0.15, 0.2) is 5.96 Å². The van der Waals surface area contributed by atoms with Crippen molar-refractivity contribution in [3.8, 4) is 0 Å². The smallest absolute Gasteiger partial charge is 0.191 e. The minimum absolute atomic E-state index is 0.117. The van der Waals surface area contributed by atoms with Crippen molar-refractivity contribution < 1.29 is 8.81 Å². The van der Waals surface area contributed by atoms with Gasteiger partial charge in [-0.2, -0.15) is 0 Å². The van der Waals surface area contributed by atoms with Crippen LogP contribution in [0.15, 0.2) is 52.1 Å². The second kappa shape index (κ2) is 6.86. The summed E-state index contributed by atoms with van der Waals surface area (Å²) in [6.07, 6.45) is 4.74. The molecule has 2 aromatic rings. The molecule has 0 saturated heterocycles. The van der Waals surface area contributed by atoms with Crippen molar-refractivity contribution in [2.45, 2.75) is 24.7 Å². The molecule has 0 radical (unpaired) electrons. The van der Waals surface area contributed by atoms with Crippen molar-refractivity contribution in [1.82, 2.24) is 10.6 Å². The van der Waals surface area contributed by atoms with Gasteiger partial charge in [0, 0.05) is 32.0 Å². The molecule has 0 bridgehead atoms. The summed E-state index contributed by atoms with van der Waals surface area (Å²) >= 11 is 0. The van der Waals surface area contributed by atoms with Gasteiger partial charge in [0.25, 0.3) is 0 Å². The van der Waals surface area contributed by atoms with Crippen molar-refractivity contribution in [2.75, 3.05) is 20.1 Å². The molecule has 1 saturated carbocycles. The summed E-state index contributed by atoms with van der Waals surface area (Å²) in [5.74, 6) is 1.55. The first-order chi connectivity index (χ1) is 11.2. The van der Waals surface area contributed by atoms with E-state index in [0.29, 0.717) is 0 Å². The maximum atomic E-state index is 13.1. The van der Waals surface area contributed by atoms with Crippen LogP contribution in [0.25, 0.3) is 0 Å². The normalized spacial score (nSPS) is 16.2. The Hall–Kier alpha value is -2.30.